The molecule has 1 aromatic carbocycles. The molecule has 0 bridgehead atoms. The number of nitrogens with two attached hydrogens (primary N) is 1. The van der Waals surface area contributed by atoms with Gasteiger partial charge in [0.05, 0.1) is 24.3 Å². The van der Waals surface area contributed by atoms with Crippen LogP contribution in [0.25, 0.3) is 0 Å². The predicted octanol–water partition coefficient (Wildman–Crippen LogP) is 1.53. The number of para-hydroxylation sites is 2. The zero-order valence-corrected chi connectivity index (χ0v) is 16.4. The molecule has 2 aromatic rings. The van der Waals surface area contributed by atoms with Gasteiger partial charge in [-0.25, -0.2) is 0 Å². The molecule has 0 spiro atoms. The quantitative estimate of drug-likeness (QED) is 0.686. The molecule has 0 saturated carbocycles. The molecule has 0 fully saturated rings. The van der Waals surface area contributed by atoms with E-state index in [1.54, 1.807) is 29.6 Å². The fraction of sp³-hybridized carbons (Fsp3) is 0.263. The van der Waals surface area contributed by atoms with E-state index in [0.29, 0.717) is 11.4 Å². The molecule has 152 valence electrons. The number of nitrogens with zero attached hydrogens (tertiary/aromatic N) is 1. The highest BCUT2D eigenvalue weighted by atomic mass is 32.1. The second kappa shape index (κ2) is 8.74. The number of anilines is 2. The number of benzene rings is 1. The first-order valence-electron chi connectivity index (χ1n) is 8.76. The van der Waals surface area contributed by atoms with E-state index < -0.39 is 23.9 Å². The molecule has 2 heterocycles. The summed E-state index contributed by atoms with van der Waals surface area (Å²) >= 11 is 1.13. The van der Waals surface area contributed by atoms with Crippen LogP contribution in [0.4, 0.5) is 10.7 Å². The van der Waals surface area contributed by atoms with Gasteiger partial charge in [-0.15, -0.1) is 11.3 Å². The van der Waals surface area contributed by atoms with Crippen LogP contribution in [0.1, 0.15) is 23.7 Å². The molecule has 1 atom stereocenters. The molecule has 1 aromatic heterocycles. The molecule has 0 aliphatic carbocycles. The van der Waals surface area contributed by atoms with E-state index in [2.05, 4.69) is 5.32 Å². The average molecular weight is 417 g/mol. The van der Waals surface area contributed by atoms with Crippen molar-refractivity contribution in [1.82, 2.24) is 0 Å². The van der Waals surface area contributed by atoms with Crippen LogP contribution >= 0.6 is 11.3 Å². The Bertz CT molecular complexity index is 957. The number of esters is 1. The Morgan fingerprint density at radius 1 is 1.31 bits per heavy atom. The third-order valence-electron chi connectivity index (χ3n) is 4.16. The van der Waals surface area contributed by atoms with E-state index in [4.69, 9.17) is 15.2 Å². The molecule has 0 saturated heterocycles. The van der Waals surface area contributed by atoms with Crippen molar-refractivity contribution >= 4 is 45.7 Å². The van der Waals surface area contributed by atoms with Crippen molar-refractivity contribution < 1.29 is 28.7 Å². The van der Waals surface area contributed by atoms with Crippen molar-refractivity contribution in [3.63, 3.8) is 0 Å². The first-order valence-corrected chi connectivity index (χ1v) is 9.64. The summed E-state index contributed by atoms with van der Waals surface area (Å²) in [6.07, 6.45) is -1.02. The summed E-state index contributed by atoms with van der Waals surface area (Å²) < 4.78 is 10.7. The zero-order valence-electron chi connectivity index (χ0n) is 15.5. The van der Waals surface area contributed by atoms with Crippen molar-refractivity contribution in [3.8, 4) is 5.75 Å². The summed E-state index contributed by atoms with van der Waals surface area (Å²) in [5.74, 6) is -1.83. The molecule has 3 rings (SSSR count). The van der Waals surface area contributed by atoms with Crippen molar-refractivity contribution in [2.45, 2.75) is 19.4 Å². The highest BCUT2D eigenvalue weighted by molar-refractivity contribution is 7.14. The fourth-order valence-corrected chi connectivity index (χ4v) is 3.52. The smallest absolute Gasteiger partial charge is 0.326 e. The molecule has 3 amide bonds. The lowest BCUT2D eigenvalue weighted by atomic mass is 10.2. The number of carbonyl (C=O) groups is 4. The molecular weight excluding hydrogens is 398 g/mol. The highest BCUT2D eigenvalue weighted by Gasteiger charge is 2.27. The molecule has 1 aliphatic heterocycles. The van der Waals surface area contributed by atoms with Gasteiger partial charge in [-0.1, -0.05) is 12.1 Å². The summed E-state index contributed by atoms with van der Waals surface area (Å²) in [5.41, 5.74) is 5.88. The predicted molar refractivity (Wildman–Crippen MR) is 106 cm³/mol. The van der Waals surface area contributed by atoms with Crippen LogP contribution in [0, 0.1) is 0 Å². The molecule has 9 nitrogen and oxygen atoms in total. The number of ether oxygens (including phenoxy) is 2. The maximum absolute atomic E-state index is 12.4. The highest BCUT2D eigenvalue weighted by Crippen LogP contribution is 2.31. The number of rotatable bonds is 6. The monoisotopic (exact) mass is 417 g/mol. The van der Waals surface area contributed by atoms with Crippen LogP contribution in [0.3, 0.4) is 0 Å². The topological polar surface area (TPSA) is 128 Å². The summed E-state index contributed by atoms with van der Waals surface area (Å²) in [6, 6.07) is 8.36. The van der Waals surface area contributed by atoms with Gasteiger partial charge >= 0.3 is 5.97 Å². The summed E-state index contributed by atoms with van der Waals surface area (Å²) in [4.78, 5) is 49.6. The molecule has 1 aliphatic rings. The fourth-order valence-electron chi connectivity index (χ4n) is 2.72. The number of hydrogen-bond donors (Lipinski definition) is 2. The van der Waals surface area contributed by atoms with Crippen LogP contribution in [-0.4, -0.2) is 42.9 Å². The van der Waals surface area contributed by atoms with Crippen molar-refractivity contribution in [1.29, 1.82) is 0 Å². The van der Waals surface area contributed by atoms with E-state index in [1.165, 1.54) is 17.9 Å². The normalized spacial score (nSPS) is 14.2. The lowest BCUT2D eigenvalue weighted by Crippen LogP contribution is -2.39. The summed E-state index contributed by atoms with van der Waals surface area (Å²) in [7, 11) is 0. The number of amides is 3. The Labute approximate surface area is 170 Å². The number of hydrogen-bond acceptors (Lipinski definition) is 7. The maximum Gasteiger partial charge on any atom is 0.326 e. The first-order chi connectivity index (χ1) is 13.9. The largest absolute Gasteiger partial charge is 0.491 e. The third-order valence-corrected chi connectivity index (χ3v) is 4.99. The van der Waals surface area contributed by atoms with Gasteiger partial charge in [0, 0.05) is 0 Å². The van der Waals surface area contributed by atoms with Gasteiger partial charge in [0.1, 0.15) is 17.3 Å². The second-order valence-corrected chi connectivity index (χ2v) is 7.11. The van der Waals surface area contributed by atoms with Gasteiger partial charge in [0.15, 0.2) is 6.10 Å². The van der Waals surface area contributed by atoms with Crippen LogP contribution in [0.2, 0.25) is 0 Å². The number of primary amides is 1. The zero-order chi connectivity index (χ0) is 21.0. The van der Waals surface area contributed by atoms with Crippen molar-refractivity contribution in [2.24, 2.45) is 5.73 Å². The van der Waals surface area contributed by atoms with Crippen LogP contribution < -0.4 is 20.7 Å². The molecular formula is C19H19N3O6S. The van der Waals surface area contributed by atoms with Gasteiger partial charge in [-0.3, -0.25) is 24.1 Å². The summed E-state index contributed by atoms with van der Waals surface area (Å²) in [5, 5.41) is 4.40. The van der Waals surface area contributed by atoms with E-state index >= 15 is 0 Å². The third kappa shape index (κ3) is 4.72. The van der Waals surface area contributed by atoms with Gasteiger partial charge in [0.2, 0.25) is 5.91 Å². The minimum Gasteiger partial charge on any atom is -0.491 e. The van der Waals surface area contributed by atoms with Gasteiger partial charge in [0.25, 0.3) is 11.8 Å². The number of thiophene rings is 1. The molecule has 3 N–H and O–H groups in total. The number of carbonyl (C=O) groups excluding carboxylic acids is 4. The molecule has 29 heavy (non-hydrogen) atoms. The second-order valence-electron chi connectivity index (χ2n) is 6.20. The molecule has 0 radical (unpaired) electrons. The Morgan fingerprint density at radius 3 is 2.83 bits per heavy atom. The SMILES string of the molecule is C[C@H](OC(=O)CN1C(=O)CCOc2ccccc21)C(=O)Nc1sccc1C(N)=O. The van der Waals surface area contributed by atoms with E-state index in [9.17, 15) is 19.2 Å². The van der Waals surface area contributed by atoms with Crippen LogP contribution in [0.5, 0.6) is 5.75 Å². The Hall–Kier alpha value is -3.40. The first kappa shape index (κ1) is 20.3. The van der Waals surface area contributed by atoms with E-state index in [0.717, 1.165) is 11.3 Å². The van der Waals surface area contributed by atoms with Crippen molar-refractivity contribution in [2.75, 3.05) is 23.4 Å². The van der Waals surface area contributed by atoms with E-state index in [1.807, 2.05) is 0 Å². The van der Waals surface area contributed by atoms with Crippen LogP contribution in [0.15, 0.2) is 35.7 Å². The Balaban J connectivity index is 1.64. The van der Waals surface area contributed by atoms with E-state index in [-0.39, 0.29) is 36.0 Å². The lowest BCUT2D eigenvalue weighted by molar-refractivity contribution is -0.152. The standard InChI is InChI=1S/C19H19N3O6S/c1-11(18(26)21-19-12(17(20)25)7-9-29-19)28-16(24)10-22-13-4-2-3-5-14(13)27-8-6-15(22)23/h2-5,7,9,11H,6,8,10H2,1H3,(H2,20,25)(H,21,26)/t11-/m0/s1. The minimum absolute atomic E-state index is 0.117. The van der Waals surface area contributed by atoms with Gasteiger partial charge in [-0.2, -0.15) is 0 Å². The van der Waals surface area contributed by atoms with Crippen molar-refractivity contribution in [3.05, 3.63) is 41.3 Å². The Morgan fingerprint density at radius 2 is 2.07 bits per heavy atom. The molecule has 10 heteroatoms. The van der Waals surface area contributed by atoms with Gasteiger partial charge < -0.3 is 20.5 Å². The molecule has 0 unspecified atom stereocenters. The Kier molecular flexibility index (Phi) is 6.13. The average Bonchev–Trinajstić information content (AvgIpc) is 3.08. The lowest BCUT2D eigenvalue weighted by Gasteiger charge is -2.22. The number of fused-ring (bicyclic) bond motifs is 1. The van der Waals surface area contributed by atoms with Crippen LogP contribution in [-0.2, 0) is 19.1 Å². The van der Waals surface area contributed by atoms with Gasteiger partial charge in [-0.05, 0) is 30.5 Å². The summed E-state index contributed by atoms with van der Waals surface area (Å²) in [6.45, 7) is 1.25. The maximum atomic E-state index is 12.4. The number of nitrogens with one attached hydrogen (secondary N) is 1. The minimum atomic E-state index is -1.14.